The fraction of sp³-hybridized carbons (Fsp3) is 0.567. The van der Waals surface area contributed by atoms with Crippen molar-refractivity contribution in [2.75, 3.05) is 92.3 Å². The summed E-state index contributed by atoms with van der Waals surface area (Å²) in [5.74, 6) is -1.64. The van der Waals surface area contributed by atoms with Gasteiger partial charge in [-0.1, -0.05) is 58.0 Å². The van der Waals surface area contributed by atoms with Crippen LogP contribution in [0.15, 0.2) is 60.8 Å². The molecule has 4 aromatic rings. The van der Waals surface area contributed by atoms with E-state index in [1.165, 1.54) is 29.3 Å². The van der Waals surface area contributed by atoms with Crippen LogP contribution in [0.25, 0.3) is 11.1 Å². The number of benzene rings is 2. The molecule has 2 aromatic carbocycles. The van der Waals surface area contributed by atoms with Gasteiger partial charge in [-0.05, 0) is 69.0 Å². The van der Waals surface area contributed by atoms with Gasteiger partial charge in [0.05, 0.1) is 83.7 Å². The minimum atomic E-state index is -1.03. The maximum atomic E-state index is 14.5. The summed E-state index contributed by atoms with van der Waals surface area (Å²) in [5.41, 5.74) is 8.73. The van der Waals surface area contributed by atoms with E-state index in [4.69, 9.17) is 29.4 Å². The zero-order valence-corrected chi connectivity index (χ0v) is 49.7. The molecule has 1 saturated heterocycles. The number of aliphatic hydroxyl groups is 1. The van der Waals surface area contributed by atoms with Crippen LogP contribution in [-0.4, -0.2) is 176 Å². The number of nitriles is 1. The molecule has 23 nitrogen and oxygen atoms in total. The molecule has 4 heterocycles. The van der Waals surface area contributed by atoms with Crippen molar-refractivity contribution in [3.8, 4) is 22.9 Å². The van der Waals surface area contributed by atoms with Crippen LogP contribution in [0.3, 0.4) is 0 Å². The molecule has 24 heteroatoms. The molecule has 2 bridgehead atoms. The lowest BCUT2D eigenvalue weighted by Crippen LogP contribution is -2.60. The summed E-state index contributed by atoms with van der Waals surface area (Å²) < 4.78 is 44.6. The molecule has 0 aliphatic carbocycles. The van der Waals surface area contributed by atoms with Crippen LogP contribution in [0.1, 0.15) is 119 Å². The molecule has 0 radical (unpaired) electrons. The van der Waals surface area contributed by atoms with Crippen LogP contribution in [0.5, 0.6) is 5.75 Å². The Morgan fingerprint density at radius 3 is 2.23 bits per heavy atom. The predicted octanol–water partition coefficient (Wildman–Crippen LogP) is 3.94. The number of pyridine rings is 1. The molecule has 2 aliphatic heterocycles. The number of ether oxygens (including phenoxy) is 5. The van der Waals surface area contributed by atoms with Crippen LogP contribution < -0.4 is 37.1 Å². The number of amides is 4. The minimum Gasteiger partial charge on any atom is -0.482 e. The third-order valence-electron chi connectivity index (χ3n) is 14.8. The lowest BCUT2D eigenvalue weighted by molar-refractivity contribution is -0.142. The standard InChI is InChI=1S/C60H85FN12O11/c1-9-46(40-13-11-10-12-14-40)65-20-17-50(74)48-33-43(36-72(48)59(79)55(60(4,5)6)69-57(77)38(2)64-7)68-53(76)19-24-81-26-28-83-30-29-82-27-25-80-23-18-52(75)66-21-22-73-49-37-71(8)58(78)44-16-15-42(61)32-45(44)39(3)84-51-31-41(35-67-56(51)63)54(49)47(34-62)70-73/h10-16,31-32,35,38-39,43,46,48,55,57,64-65,69,77H,9,17-30,33,36-37H2,1-8H3,(H2,63,67)(H,66,75)(H,68,76)/t38-,39+,43-,46+,48-,55+,57?/m0/s1. The van der Waals surface area contributed by atoms with E-state index in [1.54, 1.807) is 43.6 Å². The average Bonchev–Trinajstić information content (AvgIpc) is 2.59. The van der Waals surface area contributed by atoms with E-state index in [0.29, 0.717) is 42.1 Å². The van der Waals surface area contributed by atoms with E-state index >= 15 is 0 Å². The highest BCUT2D eigenvalue weighted by Crippen LogP contribution is 2.36. The van der Waals surface area contributed by atoms with Crippen LogP contribution >= 0.6 is 0 Å². The van der Waals surface area contributed by atoms with Crippen LogP contribution in [-0.2, 0) is 51.2 Å². The topological polar surface area (TPSA) is 299 Å². The Bertz CT molecular complexity index is 2860. The number of likely N-dealkylation sites (tertiary alicyclic amines) is 1. The van der Waals surface area contributed by atoms with Crippen molar-refractivity contribution in [3.63, 3.8) is 0 Å². The first-order valence-corrected chi connectivity index (χ1v) is 28.8. The second kappa shape index (κ2) is 32.4. The van der Waals surface area contributed by atoms with E-state index in [2.05, 4.69) is 61.8 Å². The lowest BCUT2D eigenvalue weighted by atomic mass is 9.85. The quantitative estimate of drug-likeness (QED) is 0.0277. The third-order valence-corrected chi connectivity index (χ3v) is 14.8. The second-order valence-corrected chi connectivity index (χ2v) is 22.1. The van der Waals surface area contributed by atoms with Crippen LogP contribution in [0.4, 0.5) is 10.2 Å². The first-order chi connectivity index (χ1) is 40.2. The van der Waals surface area contributed by atoms with Crippen molar-refractivity contribution < 1.29 is 57.2 Å². The zero-order chi connectivity index (χ0) is 60.9. The molecule has 8 N–H and O–H groups in total. The summed E-state index contributed by atoms with van der Waals surface area (Å²) in [6, 6.07) is 15.4. The number of aromatic nitrogens is 3. The summed E-state index contributed by atoms with van der Waals surface area (Å²) in [7, 11) is 3.32. The summed E-state index contributed by atoms with van der Waals surface area (Å²) in [5, 5.41) is 41.1. The number of hydrogen-bond donors (Lipinski definition) is 7. The molecule has 0 saturated carbocycles. The van der Waals surface area contributed by atoms with E-state index in [9.17, 15) is 38.7 Å². The number of carbonyl (C=O) groups is 5. The number of anilines is 1. The van der Waals surface area contributed by atoms with Crippen molar-refractivity contribution in [3.05, 3.63) is 94.7 Å². The van der Waals surface area contributed by atoms with Crippen molar-refractivity contribution in [1.29, 1.82) is 5.26 Å². The molecule has 84 heavy (non-hydrogen) atoms. The third kappa shape index (κ3) is 18.8. The number of nitrogens with one attached hydrogen (secondary N) is 5. The van der Waals surface area contributed by atoms with E-state index in [-0.39, 0.29) is 150 Å². The zero-order valence-electron chi connectivity index (χ0n) is 49.7. The number of rotatable bonds is 31. The first-order valence-electron chi connectivity index (χ1n) is 28.8. The maximum absolute atomic E-state index is 14.5. The van der Waals surface area contributed by atoms with E-state index in [1.807, 2.05) is 39.0 Å². The Kier molecular flexibility index (Phi) is 25.5. The Morgan fingerprint density at radius 1 is 0.940 bits per heavy atom. The largest absolute Gasteiger partial charge is 0.482 e. The highest BCUT2D eigenvalue weighted by molar-refractivity contribution is 5.96. The Balaban J connectivity index is 0.861. The summed E-state index contributed by atoms with van der Waals surface area (Å²) >= 11 is 0. The van der Waals surface area contributed by atoms with Gasteiger partial charge < -0.3 is 65.6 Å². The average molecular weight is 1170 g/mol. The molecule has 1 fully saturated rings. The van der Waals surface area contributed by atoms with Gasteiger partial charge in [0.1, 0.15) is 24.2 Å². The van der Waals surface area contributed by atoms with Gasteiger partial charge in [-0.3, -0.25) is 34.0 Å². The number of Topliss-reactive ketones (excluding diaryl/α,β-unsaturated/α-hetero) is 1. The fourth-order valence-corrected chi connectivity index (χ4v) is 10.1. The highest BCUT2D eigenvalue weighted by Gasteiger charge is 2.45. The molecule has 7 atom stereocenters. The van der Waals surface area contributed by atoms with Crippen LogP contribution in [0.2, 0.25) is 0 Å². The van der Waals surface area contributed by atoms with Gasteiger partial charge in [0.2, 0.25) is 17.7 Å². The van der Waals surface area contributed by atoms with Crippen molar-refractivity contribution in [1.82, 2.24) is 51.1 Å². The Hall–Kier alpha value is -6.95. The normalized spacial score (nSPS) is 17.6. The summed E-state index contributed by atoms with van der Waals surface area (Å²) in [6.45, 7) is 14.1. The number of aliphatic hydroxyl groups excluding tert-OH is 1. The molecule has 0 spiro atoms. The van der Waals surface area contributed by atoms with Crippen molar-refractivity contribution in [2.24, 2.45) is 5.41 Å². The SMILES string of the molecule is CC[C@@H](NCCC(=O)[C@@H]1C[C@H](NC(=O)CCOCCOCCOCCOCCC(=O)NCCn2nc(C#N)c3c2CN(C)C(=O)c2ccc(F)cc2[C@@H](C)Oc2cc-3cnc2N)CN1C(=O)[C@@H](NC(O)[C@H](C)NC)C(C)(C)C)c1ccccc1. The monoisotopic (exact) mass is 1170 g/mol. The Morgan fingerprint density at radius 2 is 1.60 bits per heavy atom. The lowest BCUT2D eigenvalue weighted by Gasteiger charge is -2.37. The van der Waals surface area contributed by atoms with Gasteiger partial charge in [0.15, 0.2) is 23.0 Å². The molecular weight excluding hydrogens is 1080 g/mol. The van der Waals surface area contributed by atoms with Gasteiger partial charge >= 0.3 is 0 Å². The number of halogens is 1. The fourth-order valence-electron chi connectivity index (χ4n) is 10.1. The van der Waals surface area contributed by atoms with Gasteiger partial charge in [-0.15, -0.1) is 0 Å². The van der Waals surface area contributed by atoms with Gasteiger partial charge in [-0.25, -0.2) is 9.37 Å². The number of fused-ring (bicyclic) bond motifs is 5. The predicted molar refractivity (Wildman–Crippen MR) is 311 cm³/mol. The number of nitrogens with zero attached hydrogens (tertiary/aromatic N) is 6. The number of nitrogens with two attached hydrogens (primary N) is 1. The molecule has 2 aromatic heterocycles. The number of hydrogen-bond acceptors (Lipinski definition) is 18. The number of carbonyl (C=O) groups excluding carboxylic acids is 5. The summed E-state index contributed by atoms with van der Waals surface area (Å²) in [6.07, 6.45) is 1.13. The van der Waals surface area contributed by atoms with Crippen LogP contribution in [0, 0.1) is 22.6 Å². The van der Waals surface area contributed by atoms with Crippen molar-refractivity contribution >= 4 is 35.2 Å². The van der Waals surface area contributed by atoms with Gasteiger partial charge in [0.25, 0.3) is 5.91 Å². The maximum Gasteiger partial charge on any atom is 0.254 e. The smallest absolute Gasteiger partial charge is 0.254 e. The molecule has 2 aliphatic rings. The first kappa shape index (κ1) is 66.2. The molecule has 4 amide bonds. The molecule has 458 valence electrons. The van der Waals surface area contributed by atoms with Crippen molar-refractivity contribution in [2.45, 2.75) is 129 Å². The molecular formula is C60H85FN12O11. The van der Waals surface area contributed by atoms with E-state index in [0.717, 1.165) is 12.0 Å². The molecule has 6 rings (SSSR count). The number of nitrogen functional groups attached to an aromatic ring is 1. The number of ketones is 1. The van der Waals surface area contributed by atoms with Gasteiger partial charge in [0, 0.05) is 92.5 Å². The van der Waals surface area contributed by atoms with E-state index < -0.39 is 47.6 Å². The second-order valence-electron chi connectivity index (χ2n) is 22.1. The van der Waals surface area contributed by atoms with Gasteiger partial charge in [-0.2, -0.15) is 10.4 Å². The highest BCUT2D eigenvalue weighted by atomic mass is 19.1. The molecule has 1 unspecified atom stereocenters. The minimum absolute atomic E-state index is 0.0149. The number of likely N-dealkylation sites (N-methyl/N-ethyl adjacent to an activating group) is 1. The Labute approximate surface area is 491 Å². The summed E-state index contributed by atoms with van der Waals surface area (Å²) in [4.78, 5) is 75.4.